The Kier molecular flexibility index (Phi) is 5.04. The molecule has 0 unspecified atom stereocenters. The van der Waals surface area contributed by atoms with E-state index in [1.54, 1.807) is 0 Å². The van der Waals surface area contributed by atoms with Gasteiger partial charge in [0.05, 0.1) is 0 Å². The first-order valence-corrected chi connectivity index (χ1v) is 3.69. The van der Waals surface area contributed by atoms with Gasteiger partial charge in [-0.3, -0.25) is 0 Å². The molecule has 0 spiro atoms. The van der Waals surface area contributed by atoms with Crippen LogP contribution in [-0.2, 0) is 0 Å². The van der Waals surface area contributed by atoms with Gasteiger partial charge in [0.25, 0.3) is 0 Å². The average molecular weight is 166 g/mol. The van der Waals surface area contributed by atoms with Crippen LogP contribution in [0.1, 0.15) is 25.7 Å². The lowest BCUT2D eigenvalue weighted by molar-refractivity contribution is 0.183. The number of aliphatic hydroxyl groups excluding tert-OH is 1. The van der Waals surface area contributed by atoms with E-state index in [-0.39, 0.29) is 12.4 Å². The van der Waals surface area contributed by atoms with Crippen LogP contribution < -0.4 is 5.73 Å². The molecule has 2 nitrogen and oxygen atoms in total. The molecule has 0 saturated heterocycles. The molecule has 0 bridgehead atoms. The van der Waals surface area contributed by atoms with E-state index in [1.165, 1.54) is 0 Å². The van der Waals surface area contributed by atoms with Gasteiger partial charge in [-0.1, -0.05) is 0 Å². The van der Waals surface area contributed by atoms with Gasteiger partial charge in [-0.15, -0.1) is 12.4 Å². The largest absolute Gasteiger partial charge is 0.396 e. The van der Waals surface area contributed by atoms with Crippen LogP contribution in [0.2, 0.25) is 0 Å². The van der Waals surface area contributed by atoms with E-state index >= 15 is 0 Å². The first-order valence-electron chi connectivity index (χ1n) is 3.69. The molecule has 1 rings (SSSR count). The quantitative estimate of drug-likeness (QED) is 0.607. The van der Waals surface area contributed by atoms with Gasteiger partial charge < -0.3 is 10.8 Å². The summed E-state index contributed by atoms with van der Waals surface area (Å²) in [5.74, 6) is 0.546. The molecule has 1 fully saturated rings. The number of aliphatic hydroxyl groups is 1. The number of hydrogen-bond donors (Lipinski definition) is 2. The van der Waals surface area contributed by atoms with Crippen LogP contribution in [0.15, 0.2) is 0 Å². The Hall–Kier alpha value is 0.210. The van der Waals surface area contributed by atoms with Crippen molar-refractivity contribution in [2.24, 2.45) is 11.7 Å². The minimum absolute atomic E-state index is 0. The second-order valence-corrected chi connectivity index (χ2v) is 2.96. The average Bonchev–Trinajstić information content (AvgIpc) is 1.90. The van der Waals surface area contributed by atoms with E-state index in [1.807, 2.05) is 0 Å². The van der Waals surface area contributed by atoms with Crippen LogP contribution in [0.4, 0.5) is 0 Å². The molecule has 1 saturated carbocycles. The predicted octanol–water partition coefficient (Wildman–Crippen LogP) is 0.918. The zero-order chi connectivity index (χ0) is 6.69. The highest BCUT2D eigenvalue weighted by atomic mass is 35.5. The van der Waals surface area contributed by atoms with Crippen molar-refractivity contribution in [3.05, 3.63) is 0 Å². The summed E-state index contributed by atoms with van der Waals surface area (Å²) in [6.07, 6.45) is 4.45. The summed E-state index contributed by atoms with van der Waals surface area (Å²) >= 11 is 0. The fourth-order valence-electron chi connectivity index (χ4n) is 1.37. The van der Waals surface area contributed by atoms with Gasteiger partial charge in [0.1, 0.15) is 0 Å². The summed E-state index contributed by atoms with van der Waals surface area (Å²) in [5.41, 5.74) is 5.67. The SMILES string of the molecule is Cl.N[C@H]1CC[C@@H](CO)CC1. The molecule has 0 aromatic heterocycles. The molecule has 0 amide bonds. The Morgan fingerprint density at radius 1 is 1.20 bits per heavy atom. The normalized spacial score (nSPS) is 33.0. The number of nitrogens with two attached hydrogens (primary N) is 1. The Morgan fingerprint density at radius 3 is 2.10 bits per heavy atom. The standard InChI is InChI=1S/C7H15NO.ClH/c8-7-3-1-6(5-9)2-4-7;/h6-7,9H,1-5,8H2;1H/t6-,7+;. The van der Waals surface area contributed by atoms with Crippen molar-refractivity contribution in [1.82, 2.24) is 0 Å². The van der Waals surface area contributed by atoms with Crippen LogP contribution in [0, 0.1) is 5.92 Å². The Morgan fingerprint density at radius 2 is 1.70 bits per heavy atom. The van der Waals surface area contributed by atoms with Crippen LogP contribution in [0.3, 0.4) is 0 Å². The molecule has 1 aliphatic carbocycles. The maximum atomic E-state index is 8.74. The lowest BCUT2D eigenvalue weighted by Gasteiger charge is -2.23. The molecular weight excluding hydrogens is 150 g/mol. The number of hydrogen-bond acceptors (Lipinski definition) is 2. The molecule has 0 aromatic carbocycles. The summed E-state index contributed by atoms with van der Waals surface area (Å²) in [5, 5.41) is 8.74. The Labute approximate surface area is 68.2 Å². The van der Waals surface area contributed by atoms with Crippen molar-refractivity contribution in [2.45, 2.75) is 31.7 Å². The number of rotatable bonds is 1. The highest BCUT2D eigenvalue weighted by Gasteiger charge is 2.16. The molecule has 0 aliphatic heterocycles. The van der Waals surface area contributed by atoms with Crippen molar-refractivity contribution in [3.8, 4) is 0 Å². The summed E-state index contributed by atoms with van der Waals surface area (Å²) in [7, 11) is 0. The van der Waals surface area contributed by atoms with E-state index in [4.69, 9.17) is 10.8 Å². The molecule has 1 aliphatic rings. The minimum atomic E-state index is 0. The van der Waals surface area contributed by atoms with Crippen molar-refractivity contribution >= 4 is 12.4 Å². The summed E-state index contributed by atoms with van der Waals surface area (Å²) < 4.78 is 0. The lowest BCUT2D eigenvalue weighted by atomic mass is 9.87. The van der Waals surface area contributed by atoms with E-state index in [9.17, 15) is 0 Å². The monoisotopic (exact) mass is 165 g/mol. The smallest absolute Gasteiger partial charge is 0.0459 e. The first-order chi connectivity index (χ1) is 4.33. The predicted molar refractivity (Wildman–Crippen MR) is 44.3 cm³/mol. The van der Waals surface area contributed by atoms with Crippen LogP contribution in [0.5, 0.6) is 0 Å². The van der Waals surface area contributed by atoms with Gasteiger partial charge in [0.15, 0.2) is 0 Å². The van der Waals surface area contributed by atoms with E-state index in [0.717, 1.165) is 25.7 Å². The molecule has 3 heteroatoms. The molecule has 0 atom stereocenters. The van der Waals surface area contributed by atoms with Crippen LogP contribution >= 0.6 is 12.4 Å². The highest BCUT2D eigenvalue weighted by molar-refractivity contribution is 5.85. The zero-order valence-electron chi connectivity index (χ0n) is 6.12. The van der Waals surface area contributed by atoms with Gasteiger partial charge in [0, 0.05) is 12.6 Å². The van der Waals surface area contributed by atoms with Gasteiger partial charge >= 0.3 is 0 Å². The fourth-order valence-corrected chi connectivity index (χ4v) is 1.37. The molecule has 10 heavy (non-hydrogen) atoms. The Bertz CT molecular complexity index is 81.7. The second kappa shape index (κ2) is 4.94. The van der Waals surface area contributed by atoms with Crippen LogP contribution in [-0.4, -0.2) is 17.8 Å². The summed E-state index contributed by atoms with van der Waals surface area (Å²) in [4.78, 5) is 0. The maximum Gasteiger partial charge on any atom is 0.0459 e. The number of halogens is 1. The van der Waals surface area contributed by atoms with Crippen molar-refractivity contribution in [2.75, 3.05) is 6.61 Å². The highest BCUT2D eigenvalue weighted by Crippen LogP contribution is 2.21. The molecule has 62 valence electrons. The second-order valence-electron chi connectivity index (χ2n) is 2.96. The fraction of sp³-hybridized carbons (Fsp3) is 1.00. The third-order valence-electron chi connectivity index (χ3n) is 2.15. The van der Waals surface area contributed by atoms with E-state index < -0.39 is 0 Å². The van der Waals surface area contributed by atoms with Crippen LogP contribution in [0.25, 0.3) is 0 Å². The molecule has 3 N–H and O–H groups in total. The molecular formula is C7H16ClNO. The van der Waals surface area contributed by atoms with Crippen molar-refractivity contribution in [3.63, 3.8) is 0 Å². The van der Waals surface area contributed by atoms with Crippen molar-refractivity contribution < 1.29 is 5.11 Å². The van der Waals surface area contributed by atoms with Gasteiger partial charge in [-0.25, -0.2) is 0 Å². The van der Waals surface area contributed by atoms with Crippen molar-refractivity contribution in [1.29, 1.82) is 0 Å². The van der Waals surface area contributed by atoms with Gasteiger partial charge in [0.2, 0.25) is 0 Å². The topological polar surface area (TPSA) is 46.2 Å². The molecule has 0 radical (unpaired) electrons. The summed E-state index contributed by atoms with van der Waals surface area (Å²) in [6.45, 7) is 0.354. The molecule has 0 aromatic rings. The lowest BCUT2D eigenvalue weighted by Crippen LogP contribution is -2.27. The van der Waals surface area contributed by atoms with E-state index in [2.05, 4.69) is 0 Å². The van der Waals surface area contributed by atoms with E-state index in [0.29, 0.717) is 18.6 Å². The Balaban J connectivity index is 0.000000810. The first kappa shape index (κ1) is 10.2. The van der Waals surface area contributed by atoms with Gasteiger partial charge in [-0.05, 0) is 31.6 Å². The minimum Gasteiger partial charge on any atom is -0.396 e. The zero-order valence-corrected chi connectivity index (χ0v) is 6.94. The summed E-state index contributed by atoms with van der Waals surface area (Å²) in [6, 6.07) is 0.410. The third-order valence-corrected chi connectivity index (χ3v) is 2.15. The maximum absolute atomic E-state index is 8.74. The van der Waals surface area contributed by atoms with Gasteiger partial charge in [-0.2, -0.15) is 0 Å². The third kappa shape index (κ3) is 2.86. The molecule has 0 heterocycles.